The highest BCUT2D eigenvalue weighted by molar-refractivity contribution is 5.89. The standard InChI is InChI=1S/C28H37N3O4/c1-18(2)15-19(27(30)33)16-26(32)25(29)13-7-8-14-31-28(34)35-17-24-22-11-5-3-9-20(22)21-10-4-6-12-23(21)24/h3-6,9-12,18-19,24-25H,7-8,13-17,29H2,1-2H3,(H2,30,33)(H,31,34)/t19-,25+/m1/s1. The third-order valence-electron chi connectivity index (χ3n) is 6.57. The molecule has 2 amide bonds. The quantitative estimate of drug-likeness (QED) is 0.373. The second-order valence-corrected chi connectivity index (χ2v) is 9.75. The summed E-state index contributed by atoms with van der Waals surface area (Å²) in [6.45, 7) is 4.69. The Morgan fingerprint density at radius 1 is 0.971 bits per heavy atom. The number of benzene rings is 2. The molecule has 0 radical (unpaired) electrons. The molecule has 0 fully saturated rings. The zero-order chi connectivity index (χ0) is 25.4. The lowest BCUT2D eigenvalue weighted by atomic mass is 9.89. The minimum atomic E-state index is -0.626. The minimum Gasteiger partial charge on any atom is -0.449 e. The molecule has 35 heavy (non-hydrogen) atoms. The largest absolute Gasteiger partial charge is 0.449 e. The van der Waals surface area contributed by atoms with Gasteiger partial charge in [-0.05, 0) is 53.9 Å². The maximum Gasteiger partial charge on any atom is 0.407 e. The van der Waals surface area contributed by atoms with Gasteiger partial charge >= 0.3 is 6.09 Å². The molecule has 188 valence electrons. The monoisotopic (exact) mass is 479 g/mol. The molecule has 5 N–H and O–H groups in total. The van der Waals surface area contributed by atoms with Crippen LogP contribution in [0, 0.1) is 11.8 Å². The van der Waals surface area contributed by atoms with Crippen LogP contribution in [0.25, 0.3) is 11.1 Å². The van der Waals surface area contributed by atoms with Crippen LogP contribution in [-0.4, -0.2) is 37.0 Å². The molecule has 2 aromatic rings. The normalized spacial score (nSPS) is 14.2. The van der Waals surface area contributed by atoms with Crippen molar-refractivity contribution in [1.82, 2.24) is 5.32 Å². The number of hydrogen-bond donors (Lipinski definition) is 3. The van der Waals surface area contributed by atoms with Crippen LogP contribution >= 0.6 is 0 Å². The van der Waals surface area contributed by atoms with Crippen molar-refractivity contribution < 1.29 is 19.1 Å². The van der Waals surface area contributed by atoms with Gasteiger partial charge in [-0.25, -0.2) is 4.79 Å². The van der Waals surface area contributed by atoms with Gasteiger partial charge in [0.25, 0.3) is 0 Å². The van der Waals surface area contributed by atoms with Crippen LogP contribution < -0.4 is 16.8 Å². The Labute approximate surface area is 207 Å². The fraction of sp³-hybridized carbons (Fsp3) is 0.464. The van der Waals surface area contributed by atoms with E-state index < -0.39 is 24.0 Å². The van der Waals surface area contributed by atoms with E-state index in [4.69, 9.17) is 16.2 Å². The van der Waals surface area contributed by atoms with Gasteiger partial charge in [-0.1, -0.05) is 62.4 Å². The fourth-order valence-corrected chi connectivity index (χ4v) is 4.75. The molecular weight excluding hydrogens is 442 g/mol. The summed E-state index contributed by atoms with van der Waals surface area (Å²) in [4.78, 5) is 36.2. The van der Waals surface area contributed by atoms with Crippen molar-refractivity contribution >= 4 is 17.8 Å². The van der Waals surface area contributed by atoms with Crippen LogP contribution in [0.3, 0.4) is 0 Å². The average Bonchev–Trinajstić information content (AvgIpc) is 3.15. The summed E-state index contributed by atoms with van der Waals surface area (Å²) in [5.41, 5.74) is 16.2. The van der Waals surface area contributed by atoms with Crippen molar-refractivity contribution in [3.05, 3.63) is 59.7 Å². The summed E-state index contributed by atoms with van der Waals surface area (Å²) in [5, 5.41) is 2.78. The zero-order valence-electron chi connectivity index (χ0n) is 20.7. The maximum atomic E-state index is 12.4. The van der Waals surface area contributed by atoms with Crippen molar-refractivity contribution in [3.63, 3.8) is 0 Å². The zero-order valence-corrected chi connectivity index (χ0v) is 20.7. The van der Waals surface area contributed by atoms with Gasteiger partial charge in [0.2, 0.25) is 5.91 Å². The molecule has 0 spiro atoms. The molecule has 0 bridgehead atoms. The van der Waals surface area contributed by atoms with Crippen molar-refractivity contribution in [3.8, 4) is 11.1 Å². The summed E-state index contributed by atoms with van der Waals surface area (Å²) >= 11 is 0. The fourth-order valence-electron chi connectivity index (χ4n) is 4.75. The number of carbonyl (C=O) groups excluding carboxylic acids is 3. The number of rotatable bonds is 13. The Bertz CT molecular complexity index is 991. The molecular formula is C28H37N3O4. The number of alkyl carbamates (subject to hydrolysis) is 1. The van der Waals surface area contributed by atoms with Gasteiger partial charge < -0.3 is 21.5 Å². The van der Waals surface area contributed by atoms with Gasteiger partial charge in [0.15, 0.2) is 0 Å². The highest BCUT2D eigenvalue weighted by atomic mass is 16.5. The van der Waals surface area contributed by atoms with Crippen molar-refractivity contribution in [2.24, 2.45) is 23.3 Å². The third kappa shape index (κ3) is 7.15. The average molecular weight is 480 g/mol. The first-order valence-corrected chi connectivity index (χ1v) is 12.4. The maximum absolute atomic E-state index is 12.4. The second kappa shape index (κ2) is 12.5. The van der Waals surface area contributed by atoms with Crippen LogP contribution in [0.5, 0.6) is 0 Å². The van der Waals surface area contributed by atoms with E-state index in [0.717, 1.165) is 0 Å². The molecule has 0 heterocycles. The van der Waals surface area contributed by atoms with Crippen LogP contribution in [0.4, 0.5) is 4.79 Å². The van der Waals surface area contributed by atoms with Crippen LogP contribution in [0.15, 0.2) is 48.5 Å². The van der Waals surface area contributed by atoms with Crippen LogP contribution in [0.2, 0.25) is 0 Å². The number of primary amides is 1. The molecule has 7 heteroatoms. The van der Waals surface area contributed by atoms with Gasteiger partial charge in [-0.2, -0.15) is 0 Å². The Morgan fingerprint density at radius 2 is 1.57 bits per heavy atom. The molecule has 7 nitrogen and oxygen atoms in total. The summed E-state index contributed by atoms with van der Waals surface area (Å²) in [6.07, 6.45) is 2.08. The number of nitrogens with one attached hydrogen (secondary N) is 1. The lowest BCUT2D eigenvalue weighted by molar-refractivity contribution is -0.128. The van der Waals surface area contributed by atoms with Gasteiger partial charge in [0.1, 0.15) is 12.4 Å². The molecule has 0 unspecified atom stereocenters. The highest BCUT2D eigenvalue weighted by Crippen LogP contribution is 2.44. The van der Waals surface area contributed by atoms with E-state index in [1.807, 2.05) is 38.1 Å². The van der Waals surface area contributed by atoms with E-state index in [2.05, 4.69) is 29.6 Å². The van der Waals surface area contributed by atoms with E-state index in [0.29, 0.717) is 32.2 Å². The number of nitrogens with two attached hydrogens (primary N) is 2. The molecule has 0 aromatic heterocycles. The molecule has 0 aliphatic heterocycles. The number of Topliss-reactive ketones (excluding diaryl/α,β-unsaturated/α-hetero) is 1. The topological polar surface area (TPSA) is 125 Å². The second-order valence-electron chi connectivity index (χ2n) is 9.75. The predicted molar refractivity (Wildman–Crippen MR) is 137 cm³/mol. The Balaban J connectivity index is 1.36. The van der Waals surface area contributed by atoms with Gasteiger partial charge in [-0.3, -0.25) is 9.59 Å². The van der Waals surface area contributed by atoms with Crippen molar-refractivity contribution in [2.75, 3.05) is 13.2 Å². The summed E-state index contributed by atoms with van der Waals surface area (Å²) in [5.74, 6) is -0.758. The van der Waals surface area contributed by atoms with Gasteiger partial charge in [0, 0.05) is 24.8 Å². The number of unbranched alkanes of at least 4 members (excludes halogenated alkanes) is 1. The van der Waals surface area contributed by atoms with Crippen molar-refractivity contribution in [1.29, 1.82) is 0 Å². The Hall–Kier alpha value is -3.19. The number of carbonyl (C=O) groups is 3. The summed E-state index contributed by atoms with van der Waals surface area (Å²) in [7, 11) is 0. The van der Waals surface area contributed by atoms with Gasteiger partial charge in [0.05, 0.1) is 6.04 Å². The SMILES string of the molecule is CC(C)C[C@H](CC(=O)[C@@H](N)CCCCNC(=O)OCC1c2ccccc2-c2ccccc21)C(N)=O. The van der Waals surface area contributed by atoms with E-state index in [1.54, 1.807) is 0 Å². The Kier molecular flexibility index (Phi) is 9.43. The van der Waals surface area contributed by atoms with Crippen molar-refractivity contribution in [2.45, 2.75) is 57.9 Å². The highest BCUT2D eigenvalue weighted by Gasteiger charge is 2.29. The van der Waals surface area contributed by atoms with E-state index in [9.17, 15) is 14.4 Å². The van der Waals surface area contributed by atoms with E-state index in [-0.39, 0.29) is 30.6 Å². The number of fused-ring (bicyclic) bond motifs is 3. The lowest BCUT2D eigenvalue weighted by Crippen LogP contribution is -2.35. The minimum absolute atomic E-state index is 0.0251. The van der Waals surface area contributed by atoms with Crippen LogP contribution in [-0.2, 0) is 14.3 Å². The first-order valence-electron chi connectivity index (χ1n) is 12.4. The summed E-state index contributed by atoms with van der Waals surface area (Å²) < 4.78 is 5.53. The summed E-state index contributed by atoms with van der Waals surface area (Å²) in [6, 6.07) is 15.8. The number of ketones is 1. The molecule has 0 saturated heterocycles. The van der Waals surface area contributed by atoms with E-state index in [1.165, 1.54) is 22.3 Å². The smallest absolute Gasteiger partial charge is 0.407 e. The Morgan fingerprint density at radius 3 is 2.14 bits per heavy atom. The molecule has 0 saturated carbocycles. The van der Waals surface area contributed by atoms with Crippen LogP contribution in [0.1, 0.15) is 63.0 Å². The molecule has 1 aliphatic carbocycles. The first kappa shape index (κ1) is 26.4. The molecule has 3 rings (SSSR count). The molecule has 2 atom stereocenters. The number of amides is 2. The number of ether oxygens (including phenoxy) is 1. The van der Waals surface area contributed by atoms with E-state index >= 15 is 0 Å². The first-order chi connectivity index (χ1) is 16.8. The predicted octanol–water partition coefficient (Wildman–Crippen LogP) is 4.13. The lowest BCUT2D eigenvalue weighted by Gasteiger charge is -2.17. The van der Waals surface area contributed by atoms with Gasteiger partial charge in [-0.15, -0.1) is 0 Å². The molecule has 2 aromatic carbocycles. The molecule has 1 aliphatic rings. The third-order valence-corrected chi connectivity index (χ3v) is 6.57. The number of hydrogen-bond acceptors (Lipinski definition) is 5.